The molecule has 3 N–H and O–H groups in total. The van der Waals surface area contributed by atoms with Crippen LogP contribution in [0.5, 0.6) is 11.5 Å². The predicted octanol–water partition coefficient (Wildman–Crippen LogP) is 4.79. The summed E-state index contributed by atoms with van der Waals surface area (Å²) in [5.41, 5.74) is 6.66. The van der Waals surface area contributed by atoms with Crippen LogP contribution in [0.2, 0.25) is 0 Å². The van der Waals surface area contributed by atoms with Gasteiger partial charge in [0.2, 0.25) is 0 Å². The summed E-state index contributed by atoms with van der Waals surface area (Å²) >= 11 is 3.42. The van der Waals surface area contributed by atoms with E-state index in [-0.39, 0.29) is 17.5 Å². The molecule has 2 aromatic carbocycles. The van der Waals surface area contributed by atoms with Crippen molar-refractivity contribution in [2.45, 2.75) is 19.8 Å². The minimum Gasteiger partial charge on any atom is -0.454 e. The van der Waals surface area contributed by atoms with E-state index in [0.29, 0.717) is 11.3 Å². The van der Waals surface area contributed by atoms with Gasteiger partial charge in [-0.15, -0.1) is 0 Å². The minimum absolute atomic E-state index is 0.115. The zero-order chi connectivity index (χ0) is 15.6. The van der Waals surface area contributed by atoms with E-state index in [9.17, 15) is 4.39 Å². The van der Waals surface area contributed by atoms with Crippen molar-refractivity contribution >= 4 is 21.8 Å². The van der Waals surface area contributed by atoms with Crippen LogP contribution < -0.4 is 10.5 Å². The van der Waals surface area contributed by atoms with E-state index in [2.05, 4.69) is 15.9 Å². The highest BCUT2D eigenvalue weighted by Crippen LogP contribution is 2.33. The van der Waals surface area contributed by atoms with Crippen molar-refractivity contribution in [1.82, 2.24) is 0 Å². The van der Waals surface area contributed by atoms with Crippen LogP contribution in [0.3, 0.4) is 0 Å². The second-order valence-corrected chi connectivity index (χ2v) is 5.91. The lowest BCUT2D eigenvalue weighted by atomic mass is 10.0. The Morgan fingerprint density at radius 3 is 2.43 bits per heavy atom. The Labute approximate surface area is 131 Å². The topological polar surface area (TPSA) is 59.1 Å². The van der Waals surface area contributed by atoms with Crippen LogP contribution in [0.1, 0.15) is 30.9 Å². The zero-order valence-electron chi connectivity index (χ0n) is 11.8. The molecular formula is C16H16BrFN2O. The molecule has 0 unspecified atom stereocenters. The number of halogens is 2. The first-order chi connectivity index (χ1) is 9.88. The summed E-state index contributed by atoms with van der Waals surface area (Å²) in [5.74, 6) is 0.260. The van der Waals surface area contributed by atoms with Crippen LogP contribution in [0.25, 0.3) is 0 Å². The van der Waals surface area contributed by atoms with Gasteiger partial charge in [0.25, 0.3) is 0 Å². The van der Waals surface area contributed by atoms with Gasteiger partial charge in [-0.1, -0.05) is 29.8 Å². The molecule has 2 rings (SSSR count). The molecule has 21 heavy (non-hydrogen) atoms. The second-order valence-electron chi connectivity index (χ2n) is 5.00. The Hall–Kier alpha value is -1.88. The number of nitrogens with two attached hydrogens (primary N) is 1. The third kappa shape index (κ3) is 3.61. The van der Waals surface area contributed by atoms with Crippen LogP contribution in [0.15, 0.2) is 40.9 Å². The summed E-state index contributed by atoms with van der Waals surface area (Å²) in [4.78, 5) is 0. The number of hydrogen-bond donors (Lipinski definition) is 2. The van der Waals surface area contributed by atoms with Gasteiger partial charge in [-0.05, 0) is 47.9 Å². The van der Waals surface area contributed by atoms with Crippen molar-refractivity contribution < 1.29 is 9.13 Å². The van der Waals surface area contributed by atoms with Crippen LogP contribution in [-0.2, 0) is 0 Å². The number of benzene rings is 2. The molecule has 0 saturated carbocycles. The zero-order valence-corrected chi connectivity index (χ0v) is 13.4. The quantitative estimate of drug-likeness (QED) is 0.615. The summed E-state index contributed by atoms with van der Waals surface area (Å²) in [7, 11) is 0. The molecule has 0 fully saturated rings. The highest BCUT2D eigenvalue weighted by molar-refractivity contribution is 9.10. The maximum absolute atomic E-state index is 14.0. The molecule has 0 amide bonds. The Balaban J connectivity index is 2.36. The summed E-state index contributed by atoms with van der Waals surface area (Å²) in [6.07, 6.45) is 0. The third-order valence-corrected chi connectivity index (χ3v) is 3.55. The van der Waals surface area contributed by atoms with E-state index in [1.54, 1.807) is 12.1 Å². The number of rotatable bonds is 4. The van der Waals surface area contributed by atoms with Gasteiger partial charge >= 0.3 is 0 Å². The highest BCUT2D eigenvalue weighted by atomic mass is 79.9. The van der Waals surface area contributed by atoms with E-state index in [1.807, 2.05) is 26.0 Å². The van der Waals surface area contributed by atoms with Crippen molar-refractivity contribution in [3.63, 3.8) is 0 Å². The molecule has 0 spiro atoms. The van der Waals surface area contributed by atoms with Gasteiger partial charge in [-0.25, -0.2) is 4.39 Å². The summed E-state index contributed by atoms with van der Waals surface area (Å²) in [5, 5.41) is 7.30. The minimum atomic E-state index is -0.541. The van der Waals surface area contributed by atoms with Gasteiger partial charge in [0.1, 0.15) is 11.6 Å². The van der Waals surface area contributed by atoms with Gasteiger partial charge in [0.15, 0.2) is 11.6 Å². The number of ether oxygens (including phenoxy) is 1. The Morgan fingerprint density at radius 2 is 1.86 bits per heavy atom. The molecule has 0 aliphatic carbocycles. The van der Waals surface area contributed by atoms with Crippen molar-refractivity contribution in [3.05, 3.63) is 57.8 Å². The van der Waals surface area contributed by atoms with E-state index < -0.39 is 5.82 Å². The molecule has 5 heteroatoms. The standard InChI is InChI=1S/C16H16BrFN2O/c1-9(2)12-8-11(17)4-6-14(12)21-15-5-3-10(16(19)20)7-13(15)18/h3-9H,1-2H3,(H3,19,20). The van der Waals surface area contributed by atoms with Crippen LogP contribution >= 0.6 is 15.9 Å². The molecule has 0 atom stereocenters. The van der Waals surface area contributed by atoms with E-state index in [4.69, 9.17) is 15.9 Å². The van der Waals surface area contributed by atoms with Gasteiger partial charge < -0.3 is 10.5 Å². The number of nitrogens with one attached hydrogen (secondary N) is 1. The first-order valence-corrected chi connectivity index (χ1v) is 7.29. The van der Waals surface area contributed by atoms with Crippen molar-refractivity contribution in [2.75, 3.05) is 0 Å². The molecule has 0 aliphatic heterocycles. The van der Waals surface area contributed by atoms with Crippen LogP contribution in [0.4, 0.5) is 4.39 Å². The average molecular weight is 351 g/mol. The van der Waals surface area contributed by atoms with Crippen LogP contribution in [0, 0.1) is 11.2 Å². The second kappa shape index (κ2) is 6.26. The fourth-order valence-corrected chi connectivity index (χ4v) is 2.31. The molecular weight excluding hydrogens is 335 g/mol. The Bertz CT molecular complexity index is 686. The van der Waals surface area contributed by atoms with Gasteiger partial charge in [0, 0.05) is 10.0 Å². The highest BCUT2D eigenvalue weighted by Gasteiger charge is 2.12. The lowest BCUT2D eigenvalue weighted by molar-refractivity contribution is 0.435. The summed E-state index contributed by atoms with van der Waals surface area (Å²) in [6, 6.07) is 9.86. The number of nitrogen functional groups attached to an aromatic ring is 1. The first kappa shape index (κ1) is 15.5. The average Bonchev–Trinajstić information content (AvgIpc) is 2.42. The van der Waals surface area contributed by atoms with Crippen molar-refractivity contribution in [1.29, 1.82) is 5.41 Å². The fraction of sp³-hybridized carbons (Fsp3) is 0.188. The Kier molecular flexibility index (Phi) is 4.63. The van der Waals surface area contributed by atoms with E-state index >= 15 is 0 Å². The molecule has 0 aromatic heterocycles. The lowest BCUT2D eigenvalue weighted by Gasteiger charge is -2.15. The first-order valence-electron chi connectivity index (χ1n) is 6.49. The smallest absolute Gasteiger partial charge is 0.166 e. The molecule has 110 valence electrons. The van der Waals surface area contributed by atoms with Crippen molar-refractivity contribution in [3.8, 4) is 11.5 Å². The molecule has 3 nitrogen and oxygen atoms in total. The summed E-state index contributed by atoms with van der Waals surface area (Å²) < 4.78 is 20.7. The normalized spacial score (nSPS) is 10.7. The summed E-state index contributed by atoms with van der Waals surface area (Å²) in [6.45, 7) is 4.09. The molecule has 0 bridgehead atoms. The van der Waals surface area contributed by atoms with Crippen LogP contribution in [-0.4, -0.2) is 5.84 Å². The largest absolute Gasteiger partial charge is 0.454 e. The number of amidine groups is 1. The molecule has 0 aliphatic rings. The molecule has 0 heterocycles. The molecule has 0 saturated heterocycles. The van der Waals surface area contributed by atoms with Gasteiger partial charge in [0.05, 0.1) is 0 Å². The maximum atomic E-state index is 14.0. The Morgan fingerprint density at radius 1 is 1.19 bits per heavy atom. The number of hydrogen-bond acceptors (Lipinski definition) is 2. The maximum Gasteiger partial charge on any atom is 0.166 e. The fourth-order valence-electron chi connectivity index (χ4n) is 1.93. The van der Waals surface area contributed by atoms with E-state index in [0.717, 1.165) is 10.0 Å². The lowest BCUT2D eigenvalue weighted by Crippen LogP contribution is -2.11. The van der Waals surface area contributed by atoms with Gasteiger partial charge in [-0.3, -0.25) is 5.41 Å². The van der Waals surface area contributed by atoms with Crippen molar-refractivity contribution in [2.24, 2.45) is 5.73 Å². The predicted molar refractivity (Wildman–Crippen MR) is 85.7 cm³/mol. The molecule has 2 aromatic rings. The molecule has 0 radical (unpaired) electrons. The third-order valence-electron chi connectivity index (χ3n) is 3.06. The monoisotopic (exact) mass is 350 g/mol. The van der Waals surface area contributed by atoms with Gasteiger partial charge in [-0.2, -0.15) is 0 Å². The van der Waals surface area contributed by atoms with E-state index in [1.165, 1.54) is 12.1 Å². The SMILES string of the molecule is CC(C)c1cc(Br)ccc1Oc1ccc(C(=N)N)cc1F.